The van der Waals surface area contributed by atoms with Crippen molar-refractivity contribution in [2.45, 2.75) is 13.3 Å². The van der Waals surface area contributed by atoms with Crippen molar-refractivity contribution in [2.24, 2.45) is 0 Å². The third-order valence-electron chi connectivity index (χ3n) is 5.37. The van der Waals surface area contributed by atoms with Crippen molar-refractivity contribution in [1.82, 2.24) is 9.55 Å². The summed E-state index contributed by atoms with van der Waals surface area (Å²) in [5.41, 5.74) is 4.63. The minimum atomic E-state index is -0.238. The molecule has 4 heteroatoms. The van der Waals surface area contributed by atoms with Crippen LogP contribution in [-0.4, -0.2) is 22.8 Å². The van der Waals surface area contributed by atoms with Gasteiger partial charge in [-0.05, 0) is 30.5 Å². The summed E-state index contributed by atoms with van der Waals surface area (Å²) < 4.78 is 23.0. The summed E-state index contributed by atoms with van der Waals surface area (Å²) in [4.78, 5) is 4.88. The monoisotopic (exact) mass is 384 g/mol. The maximum Gasteiger partial charge on any atom is 0.147 e. The lowest BCUT2D eigenvalue weighted by Crippen LogP contribution is -2.09. The predicted molar refractivity (Wildman–Crippen MR) is 115 cm³/mol. The molecule has 0 aliphatic carbocycles. The molecule has 144 valence electrons. The zero-order chi connectivity index (χ0) is 19.8. The third kappa shape index (κ3) is 3.26. The fraction of sp³-hybridized carbons (Fsp3) is 0.160. The van der Waals surface area contributed by atoms with E-state index in [0.717, 1.165) is 28.8 Å². The lowest BCUT2D eigenvalue weighted by molar-refractivity contribution is 0.159. The van der Waals surface area contributed by atoms with E-state index in [0.29, 0.717) is 30.0 Å². The number of imidazole rings is 1. The van der Waals surface area contributed by atoms with E-state index < -0.39 is 0 Å². The highest BCUT2D eigenvalue weighted by Gasteiger charge is 2.19. The Morgan fingerprint density at radius 1 is 1.03 bits per heavy atom. The number of benzene rings is 3. The molecule has 0 unspecified atom stereocenters. The van der Waals surface area contributed by atoms with Gasteiger partial charge in [-0.1, -0.05) is 54.1 Å². The van der Waals surface area contributed by atoms with Crippen LogP contribution in [-0.2, 0) is 4.74 Å². The van der Waals surface area contributed by atoms with Gasteiger partial charge in [0.05, 0.1) is 24.5 Å². The maximum absolute atomic E-state index is 15.5. The second kappa shape index (κ2) is 7.30. The fourth-order valence-electron chi connectivity index (χ4n) is 3.88. The van der Waals surface area contributed by atoms with Gasteiger partial charge in [-0.25, -0.2) is 9.37 Å². The van der Waals surface area contributed by atoms with Crippen LogP contribution in [0.5, 0.6) is 0 Å². The minimum absolute atomic E-state index is 0.238. The first-order valence-electron chi connectivity index (χ1n) is 9.82. The van der Waals surface area contributed by atoms with Gasteiger partial charge in [-0.15, -0.1) is 0 Å². The number of halogens is 1. The highest BCUT2D eigenvalue weighted by Crippen LogP contribution is 2.33. The molecule has 0 N–H and O–H groups in total. The zero-order valence-electron chi connectivity index (χ0n) is 16.2. The van der Waals surface area contributed by atoms with Crippen LogP contribution in [0.2, 0.25) is 0 Å². The number of aryl methyl sites for hydroxylation is 1. The molecule has 0 saturated carbocycles. The Bertz CT molecular complexity index is 1240. The predicted octanol–water partition coefficient (Wildman–Crippen LogP) is 6.08. The minimum Gasteiger partial charge on any atom is -0.377 e. The highest BCUT2D eigenvalue weighted by atomic mass is 19.1. The summed E-state index contributed by atoms with van der Waals surface area (Å²) in [7, 11) is 0. The number of hydrogen-bond acceptors (Lipinski definition) is 2. The summed E-state index contributed by atoms with van der Waals surface area (Å²) in [6, 6.07) is 19.5. The zero-order valence-corrected chi connectivity index (χ0v) is 16.2. The average molecular weight is 384 g/mol. The van der Waals surface area contributed by atoms with Crippen LogP contribution in [0.15, 0.2) is 72.9 Å². The topological polar surface area (TPSA) is 27.1 Å². The molecule has 0 amide bonds. The number of aromatic nitrogens is 2. The highest BCUT2D eigenvalue weighted by molar-refractivity contribution is 5.88. The van der Waals surface area contributed by atoms with Crippen LogP contribution in [0.4, 0.5) is 4.39 Å². The van der Waals surface area contributed by atoms with E-state index in [4.69, 9.17) is 9.72 Å². The van der Waals surface area contributed by atoms with E-state index in [1.54, 1.807) is 0 Å². The van der Waals surface area contributed by atoms with Crippen molar-refractivity contribution in [2.75, 3.05) is 13.2 Å². The summed E-state index contributed by atoms with van der Waals surface area (Å²) in [5.74, 6) is 0.385. The van der Waals surface area contributed by atoms with Crippen LogP contribution >= 0.6 is 0 Å². The standard InChI is InChI=1S/C25H21FN2O/c1-17-5-4-7-19(15-17)23-16-28(20-11-13-29-14-12-20)25(27-23)22-10-9-18-6-2-3-8-21(18)24(22)26/h2-11,15-16H,12-14H2,1H3. The van der Waals surface area contributed by atoms with E-state index >= 15 is 4.39 Å². The van der Waals surface area contributed by atoms with Crippen LogP contribution in [0.1, 0.15) is 12.0 Å². The molecule has 5 rings (SSSR count). The lowest BCUT2D eigenvalue weighted by atomic mass is 10.1. The molecule has 0 saturated heterocycles. The van der Waals surface area contributed by atoms with Gasteiger partial charge in [0, 0.05) is 29.3 Å². The number of nitrogens with zero attached hydrogens (tertiary/aromatic N) is 2. The Hall–Kier alpha value is -3.24. The molecule has 29 heavy (non-hydrogen) atoms. The molecule has 1 aliphatic rings. The quantitative estimate of drug-likeness (QED) is 0.428. The normalized spacial score (nSPS) is 14.2. The van der Waals surface area contributed by atoms with Gasteiger partial charge in [0.15, 0.2) is 0 Å². The Morgan fingerprint density at radius 3 is 2.76 bits per heavy atom. The van der Waals surface area contributed by atoms with Crippen LogP contribution in [0.3, 0.4) is 0 Å². The number of rotatable bonds is 3. The largest absolute Gasteiger partial charge is 0.377 e. The van der Waals surface area contributed by atoms with Crippen LogP contribution in [0.25, 0.3) is 39.1 Å². The van der Waals surface area contributed by atoms with Crippen molar-refractivity contribution in [3.63, 3.8) is 0 Å². The maximum atomic E-state index is 15.5. The fourth-order valence-corrected chi connectivity index (χ4v) is 3.88. The summed E-state index contributed by atoms with van der Waals surface area (Å²) >= 11 is 0. The SMILES string of the molecule is Cc1cccc(-c2cn(C3=CCOCC3)c(-c3ccc4ccccc4c3F)n2)c1. The molecular formula is C25H21FN2O. The van der Waals surface area contributed by atoms with Crippen molar-refractivity contribution < 1.29 is 9.13 Å². The van der Waals surface area contributed by atoms with Crippen molar-refractivity contribution in [3.8, 4) is 22.6 Å². The molecule has 1 aliphatic heterocycles. The molecule has 0 bridgehead atoms. The second-order valence-electron chi connectivity index (χ2n) is 7.36. The first-order chi connectivity index (χ1) is 14.2. The molecule has 3 nitrogen and oxygen atoms in total. The molecule has 2 heterocycles. The van der Waals surface area contributed by atoms with Crippen LogP contribution < -0.4 is 0 Å². The molecule has 1 aromatic heterocycles. The van der Waals surface area contributed by atoms with Gasteiger partial charge < -0.3 is 9.30 Å². The Balaban J connectivity index is 1.73. The van der Waals surface area contributed by atoms with Gasteiger partial charge >= 0.3 is 0 Å². The van der Waals surface area contributed by atoms with E-state index in [1.807, 2.05) is 65.4 Å². The number of hydrogen-bond donors (Lipinski definition) is 0. The molecule has 0 atom stereocenters. The van der Waals surface area contributed by atoms with E-state index in [1.165, 1.54) is 5.56 Å². The summed E-state index contributed by atoms with van der Waals surface area (Å²) in [5, 5.41) is 1.49. The first kappa shape index (κ1) is 17.8. The van der Waals surface area contributed by atoms with E-state index in [-0.39, 0.29) is 5.82 Å². The second-order valence-corrected chi connectivity index (χ2v) is 7.36. The Labute approximate surface area is 169 Å². The van der Waals surface area contributed by atoms with Gasteiger partial charge in [0.2, 0.25) is 0 Å². The van der Waals surface area contributed by atoms with Crippen molar-refractivity contribution >= 4 is 16.5 Å². The van der Waals surface area contributed by atoms with Gasteiger partial charge in [0.1, 0.15) is 11.6 Å². The van der Waals surface area contributed by atoms with E-state index in [2.05, 4.69) is 19.1 Å². The molecular weight excluding hydrogens is 363 g/mol. The number of ether oxygens (including phenoxy) is 1. The first-order valence-corrected chi connectivity index (χ1v) is 9.82. The molecule has 0 spiro atoms. The van der Waals surface area contributed by atoms with Gasteiger partial charge in [-0.3, -0.25) is 0 Å². The summed E-state index contributed by atoms with van der Waals surface area (Å²) in [6.07, 6.45) is 4.83. The third-order valence-corrected chi connectivity index (χ3v) is 5.37. The van der Waals surface area contributed by atoms with E-state index in [9.17, 15) is 0 Å². The van der Waals surface area contributed by atoms with Gasteiger partial charge in [-0.2, -0.15) is 0 Å². The Kier molecular flexibility index (Phi) is 4.49. The van der Waals surface area contributed by atoms with Crippen molar-refractivity contribution in [3.05, 3.63) is 84.3 Å². The summed E-state index contributed by atoms with van der Waals surface area (Å²) in [6.45, 7) is 3.28. The molecule has 3 aromatic carbocycles. The smallest absolute Gasteiger partial charge is 0.147 e. The number of fused-ring (bicyclic) bond motifs is 1. The molecule has 0 fully saturated rings. The average Bonchev–Trinajstić information content (AvgIpc) is 3.20. The van der Waals surface area contributed by atoms with Crippen molar-refractivity contribution in [1.29, 1.82) is 0 Å². The lowest BCUT2D eigenvalue weighted by Gasteiger charge is -2.17. The van der Waals surface area contributed by atoms with Gasteiger partial charge in [0.25, 0.3) is 0 Å². The Morgan fingerprint density at radius 2 is 1.93 bits per heavy atom. The molecule has 0 radical (unpaired) electrons. The molecule has 4 aromatic rings. The van der Waals surface area contributed by atoms with Crippen LogP contribution in [0, 0.1) is 12.7 Å².